The third-order valence-corrected chi connectivity index (χ3v) is 3.76. The van der Waals surface area contributed by atoms with Crippen LogP contribution in [0.25, 0.3) is 0 Å². The van der Waals surface area contributed by atoms with Gasteiger partial charge in [-0.3, -0.25) is 9.69 Å². The summed E-state index contributed by atoms with van der Waals surface area (Å²) in [5, 5.41) is 10.2. The van der Waals surface area contributed by atoms with Gasteiger partial charge in [-0.25, -0.2) is 0 Å². The van der Waals surface area contributed by atoms with Gasteiger partial charge in [-0.15, -0.1) is 0 Å². The zero-order valence-electron chi connectivity index (χ0n) is 11.3. The van der Waals surface area contributed by atoms with Crippen molar-refractivity contribution in [2.75, 3.05) is 26.2 Å². The molecule has 5 heteroatoms. The van der Waals surface area contributed by atoms with Gasteiger partial charge in [-0.2, -0.15) is 0 Å². The predicted octanol–water partition coefficient (Wildman–Crippen LogP) is 2.21. The Kier molecular flexibility index (Phi) is 4.32. The van der Waals surface area contributed by atoms with Gasteiger partial charge in [-0.1, -0.05) is 11.6 Å². The van der Waals surface area contributed by atoms with Gasteiger partial charge in [0.15, 0.2) is 0 Å². The summed E-state index contributed by atoms with van der Waals surface area (Å²) in [7, 11) is 0. The van der Waals surface area contributed by atoms with E-state index in [-0.39, 0.29) is 11.7 Å². The van der Waals surface area contributed by atoms with E-state index in [0.717, 1.165) is 13.1 Å². The molecule has 0 radical (unpaired) electrons. The highest BCUT2D eigenvalue weighted by Crippen LogP contribution is 2.23. The van der Waals surface area contributed by atoms with Crippen LogP contribution in [0.3, 0.4) is 0 Å². The Morgan fingerprint density at radius 2 is 1.89 bits per heavy atom. The van der Waals surface area contributed by atoms with Gasteiger partial charge >= 0.3 is 0 Å². The summed E-state index contributed by atoms with van der Waals surface area (Å²) in [5.74, 6) is -0.179. The average molecular weight is 283 g/mol. The van der Waals surface area contributed by atoms with Crippen molar-refractivity contribution >= 4 is 17.5 Å². The molecular formula is C14H19ClN2O2. The van der Waals surface area contributed by atoms with Crippen LogP contribution in [0.15, 0.2) is 18.2 Å². The van der Waals surface area contributed by atoms with Gasteiger partial charge in [0.1, 0.15) is 5.75 Å². The molecule has 0 unspecified atom stereocenters. The van der Waals surface area contributed by atoms with E-state index in [1.807, 2.05) is 0 Å². The fourth-order valence-electron chi connectivity index (χ4n) is 2.30. The number of rotatable bonds is 2. The molecule has 1 aliphatic heterocycles. The number of aromatic hydroxyl groups is 1. The van der Waals surface area contributed by atoms with Gasteiger partial charge in [0.2, 0.25) is 0 Å². The minimum atomic E-state index is -0.127. The van der Waals surface area contributed by atoms with Crippen molar-refractivity contribution in [3.05, 3.63) is 28.8 Å². The Morgan fingerprint density at radius 1 is 1.26 bits per heavy atom. The molecule has 0 saturated carbocycles. The van der Waals surface area contributed by atoms with E-state index >= 15 is 0 Å². The van der Waals surface area contributed by atoms with Crippen LogP contribution in [0.2, 0.25) is 5.02 Å². The Morgan fingerprint density at radius 3 is 2.42 bits per heavy atom. The topological polar surface area (TPSA) is 43.8 Å². The number of hydrogen-bond donors (Lipinski definition) is 1. The molecule has 19 heavy (non-hydrogen) atoms. The second kappa shape index (κ2) is 5.80. The predicted molar refractivity (Wildman–Crippen MR) is 75.7 cm³/mol. The molecule has 1 amide bonds. The van der Waals surface area contributed by atoms with Crippen molar-refractivity contribution in [1.82, 2.24) is 9.80 Å². The molecule has 1 aliphatic rings. The number of phenols is 1. The molecule has 0 spiro atoms. The maximum absolute atomic E-state index is 12.3. The van der Waals surface area contributed by atoms with E-state index in [4.69, 9.17) is 11.6 Å². The first-order valence-electron chi connectivity index (χ1n) is 6.51. The molecule has 1 saturated heterocycles. The van der Waals surface area contributed by atoms with Crippen molar-refractivity contribution in [2.24, 2.45) is 0 Å². The van der Waals surface area contributed by atoms with Crippen LogP contribution in [0, 0.1) is 0 Å². The zero-order valence-corrected chi connectivity index (χ0v) is 12.0. The smallest absolute Gasteiger partial charge is 0.257 e. The van der Waals surface area contributed by atoms with Gasteiger partial charge < -0.3 is 10.0 Å². The van der Waals surface area contributed by atoms with Crippen LogP contribution >= 0.6 is 11.6 Å². The molecule has 0 bridgehead atoms. The van der Waals surface area contributed by atoms with E-state index in [1.165, 1.54) is 6.07 Å². The Labute approximate surface area is 118 Å². The minimum absolute atomic E-state index is 0.0520. The van der Waals surface area contributed by atoms with Gasteiger partial charge in [0, 0.05) is 37.2 Å². The minimum Gasteiger partial charge on any atom is -0.507 e. The van der Waals surface area contributed by atoms with Gasteiger partial charge in [0.05, 0.1) is 5.56 Å². The highest BCUT2D eigenvalue weighted by Gasteiger charge is 2.24. The van der Waals surface area contributed by atoms with Crippen LogP contribution in [0.5, 0.6) is 5.75 Å². The molecule has 0 aromatic heterocycles. The third-order valence-electron chi connectivity index (χ3n) is 3.52. The summed E-state index contributed by atoms with van der Waals surface area (Å²) in [6.45, 7) is 7.44. The third kappa shape index (κ3) is 3.19. The normalized spacial score (nSPS) is 16.9. The van der Waals surface area contributed by atoms with Crippen molar-refractivity contribution in [3.63, 3.8) is 0 Å². The molecule has 4 nitrogen and oxygen atoms in total. The summed E-state index contributed by atoms with van der Waals surface area (Å²) >= 11 is 5.77. The first kappa shape index (κ1) is 14.2. The number of amides is 1. The highest BCUT2D eigenvalue weighted by molar-refractivity contribution is 6.30. The first-order valence-corrected chi connectivity index (χ1v) is 6.88. The molecular weight excluding hydrogens is 264 g/mol. The van der Waals surface area contributed by atoms with Crippen molar-refractivity contribution in [2.45, 2.75) is 19.9 Å². The van der Waals surface area contributed by atoms with Crippen molar-refractivity contribution in [3.8, 4) is 5.75 Å². The number of halogens is 1. The SMILES string of the molecule is CC(C)N1CCN(C(=O)c2ccc(Cl)cc2O)CC1. The Hall–Kier alpha value is -1.26. The standard InChI is InChI=1S/C14H19ClN2O2/c1-10(2)16-5-7-17(8-6-16)14(19)12-4-3-11(15)9-13(12)18/h3-4,9-10,18H,5-8H2,1-2H3. The molecule has 0 aliphatic carbocycles. The molecule has 1 heterocycles. The lowest BCUT2D eigenvalue weighted by atomic mass is 10.1. The van der Waals surface area contributed by atoms with Crippen LogP contribution in [0.1, 0.15) is 24.2 Å². The number of hydrogen-bond acceptors (Lipinski definition) is 3. The van der Waals surface area contributed by atoms with E-state index in [1.54, 1.807) is 17.0 Å². The van der Waals surface area contributed by atoms with E-state index in [9.17, 15) is 9.90 Å². The summed E-state index contributed by atoms with van der Waals surface area (Å²) in [4.78, 5) is 16.4. The largest absolute Gasteiger partial charge is 0.507 e. The molecule has 1 aromatic carbocycles. The number of carbonyl (C=O) groups excluding carboxylic acids is 1. The summed E-state index contributed by atoms with van der Waals surface area (Å²) in [6.07, 6.45) is 0. The van der Waals surface area contributed by atoms with Crippen molar-refractivity contribution in [1.29, 1.82) is 0 Å². The lowest BCUT2D eigenvalue weighted by molar-refractivity contribution is 0.0593. The zero-order chi connectivity index (χ0) is 14.0. The van der Waals surface area contributed by atoms with Crippen LogP contribution in [-0.2, 0) is 0 Å². The maximum Gasteiger partial charge on any atom is 0.257 e. The van der Waals surface area contributed by atoms with Crippen LogP contribution in [0.4, 0.5) is 0 Å². The van der Waals surface area contributed by atoms with Crippen LogP contribution in [-0.4, -0.2) is 53.0 Å². The Balaban J connectivity index is 2.05. The second-order valence-electron chi connectivity index (χ2n) is 5.08. The second-order valence-corrected chi connectivity index (χ2v) is 5.52. The number of nitrogens with zero attached hydrogens (tertiary/aromatic N) is 2. The summed E-state index contributed by atoms with van der Waals surface area (Å²) in [5.41, 5.74) is 0.322. The molecule has 1 fully saturated rings. The lowest BCUT2D eigenvalue weighted by Crippen LogP contribution is -2.50. The highest BCUT2D eigenvalue weighted by atomic mass is 35.5. The fourth-order valence-corrected chi connectivity index (χ4v) is 2.46. The number of phenolic OH excluding ortho intramolecular Hbond substituents is 1. The summed E-state index contributed by atoms with van der Waals surface area (Å²) in [6, 6.07) is 5.11. The van der Waals surface area contributed by atoms with E-state index in [2.05, 4.69) is 18.7 Å². The summed E-state index contributed by atoms with van der Waals surface area (Å²) < 4.78 is 0. The molecule has 104 valence electrons. The van der Waals surface area contributed by atoms with E-state index in [0.29, 0.717) is 29.7 Å². The van der Waals surface area contributed by atoms with Crippen molar-refractivity contribution < 1.29 is 9.90 Å². The average Bonchev–Trinajstić information content (AvgIpc) is 2.38. The number of carbonyl (C=O) groups is 1. The number of piperazine rings is 1. The molecule has 1 aromatic rings. The van der Waals surface area contributed by atoms with Gasteiger partial charge in [0.25, 0.3) is 5.91 Å². The van der Waals surface area contributed by atoms with Crippen LogP contribution < -0.4 is 0 Å². The first-order chi connectivity index (χ1) is 8.99. The molecule has 2 rings (SSSR count). The lowest BCUT2D eigenvalue weighted by Gasteiger charge is -2.37. The quantitative estimate of drug-likeness (QED) is 0.904. The fraction of sp³-hybridized carbons (Fsp3) is 0.500. The molecule has 0 atom stereocenters. The van der Waals surface area contributed by atoms with E-state index < -0.39 is 0 Å². The Bertz CT molecular complexity index is 469. The van der Waals surface area contributed by atoms with Gasteiger partial charge in [-0.05, 0) is 32.0 Å². The number of benzene rings is 1. The monoisotopic (exact) mass is 282 g/mol. The molecule has 1 N–H and O–H groups in total. The maximum atomic E-state index is 12.3.